The molecule has 0 heterocycles. The van der Waals surface area contributed by atoms with Gasteiger partial charge in [-0.25, -0.2) is 0 Å². The fraction of sp³-hybridized carbons (Fsp3) is 0.625. The maximum absolute atomic E-state index is 10.3. The molecule has 0 radical (unpaired) electrons. The standard InChI is InChI=1S/C8H14O2/c1-3-5-6-7(4-2)8(9)10/h6H,3-5H2,1-2H3,(H,9,10)/p-1/b7-6+. The van der Waals surface area contributed by atoms with Crippen molar-refractivity contribution in [2.24, 2.45) is 0 Å². The Hall–Kier alpha value is -0.790. The summed E-state index contributed by atoms with van der Waals surface area (Å²) in [5, 5.41) is 10.3. The maximum Gasteiger partial charge on any atom is 0.0671 e. The van der Waals surface area contributed by atoms with Gasteiger partial charge in [-0.05, 0) is 18.4 Å². The van der Waals surface area contributed by atoms with Crippen LogP contribution in [0.5, 0.6) is 0 Å². The Labute approximate surface area is 61.6 Å². The molecule has 2 heteroatoms. The zero-order valence-corrected chi connectivity index (χ0v) is 6.52. The van der Waals surface area contributed by atoms with Gasteiger partial charge in [0.05, 0.1) is 5.97 Å². The monoisotopic (exact) mass is 141 g/mol. The van der Waals surface area contributed by atoms with Gasteiger partial charge in [0, 0.05) is 0 Å². The van der Waals surface area contributed by atoms with Crippen molar-refractivity contribution in [3.63, 3.8) is 0 Å². The van der Waals surface area contributed by atoms with E-state index in [2.05, 4.69) is 0 Å². The van der Waals surface area contributed by atoms with Crippen LogP contribution in [0.15, 0.2) is 11.6 Å². The number of hydrogen-bond acceptors (Lipinski definition) is 2. The molecule has 0 atom stereocenters. The van der Waals surface area contributed by atoms with Crippen molar-refractivity contribution in [1.82, 2.24) is 0 Å². The molecule has 0 bridgehead atoms. The molecule has 0 saturated carbocycles. The molecule has 0 fully saturated rings. The van der Waals surface area contributed by atoms with Crippen molar-refractivity contribution < 1.29 is 9.90 Å². The van der Waals surface area contributed by atoms with Crippen LogP contribution in [0.1, 0.15) is 33.1 Å². The SMILES string of the molecule is CCC/C=C(\CC)C(=O)[O-]. The van der Waals surface area contributed by atoms with Gasteiger partial charge in [0.15, 0.2) is 0 Å². The van der Waals surface area contributed by atoms with Crippen LogP contribution < -0.4 is 5.11 Å². The Morgan fingerprint density at radius 3 is 2.40 bits per heavy atom. The third kappa shape index (κ3) is 3.28. The van der Waals surface area contributed by atoms with Gasteiger partial charge in [-0.3, -0.25) is 0 Å². The first-order valence-electron chi connectivity index (χ1n) is 3.62. The maximum atomic E-state index is 10.3. The number of carbonyl (C=O) groups excluding carboxylic acids is 1. The van der Waals surface area contributed by atoms with E-state index in [9.17, 15) is 9.90 Å². The van der Waals surface area contributed by atoms with Crippen LogP contribution in [-0.2, 0) is 4.79 Å². The molecule has 2 nitrogen and oxygen atoms in total. The molecular weight excluding hydrogens is 128 g/mol. The molecule has 0 aliphatic carbocycles. The first kappa shape index (κ1) is 9.21. The van der Waals surface area contributed by atoms with E-state index in [-0.39, 0.29) is 0 Å². The van der Waals surface area contributed by atoms with Gasteiger partial charge in [0.2, 0.25) is 0 Å². The summed E-state index contributed by atoms with van der Waals surface area (Å²) < 4.78 is 0. The summed E-state index contributed by atoms with van der Waals surface area (Å²) in [7, 11) is 0. The number of rotatable bonds is 4. The van der Waals surface area contributed by atoms with E-state index in [1.165, 1.54) is 0 Å². The van der Waals surface area contributed by atoms with Crippen LogP contribution in [0.2, 0.25) is 0 Å². The average Bonchev–Trinajstić information content (AvgIpc) is 1.89. The summed E-state index contributed by atoms with van der Waals surface area (Å²) in [6, 6.07) is 0. The summed E-state index contributed by atoms with van der Waals surface area (Å²) in [4.78, 5) is 10.3. The van der Waals surface area contributed by atoms with Crippen molar-refractivity contribution >= 4 is 5.97 Å². The molecule has 0 amide bonds. The van der Waals surface area contributed by atoms with E-state index in [1.54, 1.807) is 6.08 Å². The molecule has 0 aromatic heterocycles. The Morgan fingerprint density at radius 1 is 1.50 bits per heavy atom. The van der Waals surface area contributed by atoms with Gasteiger partial charge in [0.1, 0.15) is 0 Å². The molecule has 58 valence electrons. The van der Waals surface area contributed by atoms with Crippen molar-refractivity contribution in [3.05, 3.63) is 11.6 Å². The molecule has 0 aromatic rings. The highest BCUT2D eigenvalue weighted by Crippen LogP contribution is 2.01. The molecule has 0 unspecified atom stereocenters. The topological polar surface area (TPSA) is 40.1 Å². The van der Waals surface area contributed by atoms with E-state index in [0.29, 0.717) is 12.0 Å². The smallest absolute Gasteiger partial charge is 0.0671 e. The zero-order valence-electron chi connectivity index (χ0n) is 6.52. The number of carboxylic acids is 1. The Morgan fingerprint density at radius 2 is 2.10 bits per heavy atom. The number of aliphatic carboxylic acids is 1. The highest BCUT2D eigenvalue weighted by atomic mass is 16.4. The Bertz CT molecular complexity index is 136. The lowest BCUT2D eigenvalue weighted by Crippen LogP contribution is -2.24. The minimum absolute atomic E-state index is 0.418. The second kappa shape index (κ2) is 5.03. The summed E-state index contributed by atoms with van der Waals surface area (Å²) >= 11 is 0. The highest BCUT2D eigenvalue weighted by molar-refractivity contribution is 5.84. The van der Waals surface area contributed by atoms with E-state index in [4.69, 9.17) is 0 Å². The lowest BCUT2D eigenvalue weighted by molar-refractivity contribution is -0.299. The molecule has 0 rings (SSSR count). The first-order chi connectivity index (χ1) is 4.72. The van der Waals surface area contributed by atoms with Crippen molar-refractivity contribution in [3.8, 4) is 0 Å². The van der Waals surface area contributed by atoms with E-state index >= 15 is 0 Å². The van der Waals surface area contributed by atoms with Crippen LogP contribution in [0.25, 0.3) is 0 Å². The average molecular weight is 141 g/mol. The molecule has 0 spiro atoms. The van der Waals surface area contributed by atoms with Gasteiger partial charge in [-0.1, -0.05) is 26.3 Å². The normalized spacial score (nSPS) is 11.6. The van der Waals surface area contributed by atoms with E-state index in [0.717, 1.165) is 12.8 Å². The van der Waals surface area contributed by atoms with E-state index < -0.39 is 5.97 Å². The number of allylic oxidation sites excluding steroid dienone is 1. The predicted molar refractivity (Wildman–Crippen MR) is 38.3 cm³/mol. The summed E-state index contributed by atoms with van der Waals surface area (Å²) in [5.74, 6) is -1.03. The van der Waals surface area contributed by atoms with Crippen molar-refractivity contribution in [2.75, 3.05) is 0 Å². The number of hydrogen-bond donors (Lipinski definition) is 0. The number of carbonyl (C=O) groups is 1. The van der Waals surface area contributed by atoms with Gasteiger partial charge in [-0.2, -0.15) is 0 Å². The van der Waals surface area contributed by atoms with Crippen LogP contribution >= 0.6 is 0 Å². The minimum atomic E-state index is -1.03. The molecule has 0 aromatic carbocycles. The molecule has 0 N–H and O–H groups in total. The molecular formula is C8H13O2-. The van der Waals surface area contributed by atoms with Gasteiger partial charge in [0.25, 0.3) is 0 Å². The molecule has 0 aliphatic heterocycles. The Kier molecular flexibility index (Phi) is 4.63. The van der Waals surface area contributed by atoms with Gasteiger partial charge < -0.3 is 9.90 Å². The fourth-order valence-corrected chi connectivity index (χ4v) is 0.691. The van der Waals surface area contributed by atoms with Gasteiger partial charge in [-0.15, -0.1) is 0 Å². The van der Waals surface area contributed by atoms with Gasteiger partial charge >= 0.3 is 0 Å². The number of carboxylic acid groups (broad SMARTS) is 1. The third-order valence-corrected chi connectivity index (χ3v) is 1.32. The molecule has 0 saturated heterocycles. The zero-order chi connectivity index (χ0) is 7.98. The lowest BCUT2D eigenvalue weighted by Gasteiger charge is -2.03. The van der Waals surface area contributed by atoms with Crippen LogP contribution in [0.3, 0.4) is 0 Å². The van der Waals surface area contributed by atoms with Crippen LogP contribution in [0.4, 0.5) is 0 Å². The molecule has 10 heavy (non-hydrogen) atoms. The van der Waals surface area contributed by atoms with Crippen molar-refractivity contribution in [2.45, 2.75) is 33.1 Å². The minimum Gasteiger partial charge on any atom is -0.545 e. The Balaban J connectivity index is 3.91. The lowest BCUT2D eigenvalue weighted by atomic mass is 10.1. The van der Waals surface area contributed by atoms with E-state index in [1.807, 2.05) is 13.8 Å². The molecule has 0 aliphatic rings. The predicted octanol–water partition coefficient (Wildman–Crippen LogP) is 0.873. The largest absolute Gasteiger partial charge is 0.545 e. The number of unbranched alkanes of at least 4 members (excludes halogenated alkanes) is 1. The third-order valence-electron chi connectivity index (χ3n) is 1.32. The first-order valence-corrected chi connectivity index (χ1v) is 3.62. The second-order valence-corrected chi connectivity index (χ2v) is 2.16. The van der Waals surface area contributed by atoms with Crippen LogP contribution in [0, 0.1) is 0 Å². The summed E-state index contributed by atoms with van der Waals surface area (Å²) in [6.07, 6.45) is 4.10. The second-order valence-electron chi connectivity index (χ2n) is 2.16. The summed E-state index contributed by atoms with van der Waals surface area (Å²) in [5.41, 5.74) is 0.418. The highest BCUT2D eigenvalue weighted by Gasteiger charge is 1.91. The quantitative estimate of drug-likeness (QED) is 0.545. The fourth-order valence-electron chi connectivity index (χ4n) is 0.691. The van der Waals surface area contributed by atoms with Crippen LogP contribution in [-0.4, -0.2) is 5.97 Å². The van der Waals surface area contributed by atoms with Crippen molar-refractivity contribution in [1.29, 1.82) is 0 Å². The summed E-state index contributed by atoms with van der Waals surface area (Å²) in [6.45, 7) is 3.83.